The van der Waals surface area contributed by atoms with E-state index >= 15 is 0 Å². The van der Waals surface area contributed by atoms with Crippen molar-refractivity contribution >= 4 is 39.3 Å². The normalized spacial score (nSPS) is 10.4. The van der Waals surface area contributed by atoms with Crippen molar-refractivity contribution in [3.63, 3.8) is 0 Å². The molecule has 2 rings (SSSR count). The minimum atomic E-state index is 0.566. The minimum absolute atomic E-state index is 0.566. The van der Waals surface area contributed by atoms with E-state index < -0.39 is 0 Å². The van der Waals surface area contributed by atoms with Crippen molar-refractivity contribution in [2.24, 2.45) is 0 Å². The summed E-state index contributed by atoms with van der Waals surface area (Å²) in [5, 5.41) is 1.06. The highest BCUT2D eigenvalue weighted by Gasteiger charge is 2.02. The Hall–Kier alpha value is -0.910. The Morgan fingerprint density at radius 2 is 2.17 bits per heavy atom. The number of hydrogen-bond acceptors (Lipinski definition) is 3. The van der Waals surface area contributed by atoms with Crippen LogP contribution in [0.3, 0.4) is 0 Å². The third-order valence-electron chi connectivity index (χ3n) is 1.63. The van der Waals surface area contributed by atoms with Crippen LogP contribution >= 0.6 is 22.6 Å². The van der Waals surface area contributed by atoms with Crippen LogP contribution in [-0.4, -0.2) is 9.97 Å². The first-order valence-corrected chi connectivity index (χ1v) is 4.51. The zero-order valence-electron chi connectivity index (χ0n) is 6.16. The Kier molecular flexibility index (Phi) is 1.84. The molecule has 0 spiro atoms. The summed E-state index contributed by atoms with van der Waals surface area (Å²) in [6, 6.07) is 3.88. The molecule has 60 valence electrons. The third kappa shape index (κ3) is 1.12. The lowest BCUT2D eigenvalue weighted by molar-refractivity contribution is 1.30. The van der Waals surface area contributed by atoms with Crippen LogP contribution in [-0.2, 0) is 0 Å². The lowest BCUT2D eigenvalue weighted by Crippen LogP contribution is -1.94. The highest BCUT2D eigenvalue weighted by Crippen LogP contribution is 2.21. The van der Waals surface area contributed by atoms with E-state index in [1.165, 1.54) is 0 Å². The van der Waals surface area contributed by atoms with Crippen molar-refractivity contribution in [1.29, 1.82) is 0 Å². The van der Waals surface area contributed by atoms with E-state index in [0.29, 0.717) is 5.82 Å². The molecule has 0 saturated carbocycles. The molecule has 2 aromatic heterocycles. The molecular formula is C8H6IN3. The largest absolute Gasteiger partial charge is 0.383 e. The zero-order valence-corrected chi connectivity index (χ0v) is 8.32. The fourth-order valence-corrected chi connectivity index (χ4v) is 1.63. The van der Waals surface area contributed by atoms with Gasteiger partial charge in [0.2, 0.25) is 0 Å². The third-order valence-corrected chi connectivity index (χ3v) is 2.76. The molecule has 0 fully saturated rings. The van der Waals surface area contributed by atoms with Crippen molar-refractivity contribution in [2.45, 2.75) is 0 Å². The summed E-state index contributed by atoms with van der Waals surface area (Å²) in [6.07, 6.45) is 3.43. The molecule has 0 amide bonds. The van der Waals surface area contributed by atoms with Gasteiger partial charge in [0, 0.05) is 11.6 Å². The molecule has 0 aliphatic rings. The van der Waals surface area contributed by atoms with Gasteiger partial charge < -0.3 is 5.73 Å². The fourth-order valence-electron chi connectivity index (χ4n) is 1.03. The number of nitrogen functional groups attached to an aromatic ring is 1. The quantitative estimate of drug-likeness (QED) is 0.743. The van der Waals surface area contributed by atoms with E-state index in [2.05, 4.69) is 32.6 Å². The van der Waals surface area contributed by atoms with Crippen LogP contribution in [0.15, 0.2) is 24.5 Å². The molecule has 0 unspecified atom stereocenters. The summed E-state index contributed by atoms with van der Waals surface area (Å²) in [5.74, 6) is 0.566. The number of hydrogen-bond donors (Lipinski definition) is 1. The van der Waals surface area contributed by atoms with Gasteiger partial charge in [-0.15, -0.1) is 0 Å². The van der Waals surface area contributed by atoms with Crippen molar-refractivity contribution in [1.82, 2.24) is 9.97 Å². The molecule has 2 N–H and O–H groups in total. The van der Waals surface area contributed by atoms with E-state index in [9.17, 15) is 0 Å². The summed E-state index contributed by atoms with van der Waals surface area (Å²) >= 11 is 2.18. The van der Waals surface area contributed by atoms with Gasteiger partial charge in [-0.05, 0) is 28.7 Å². The standard InChI is InChI=1S/C8H6IN3/c9-7-5-2-1-3-11-6(5)4-12-8(7)10/h1-4H,(H2,10,12). The maximum atomic E-state index is 5.64. The van der Waals surface area contributed by atoms with E-state index in [1.807, 2.05) is 12.1 Å². The summed E-state index contributed by atoms with van der Waals surface area (Å²) in [6.45, 7) is 0. The number of nitrogens with zero attached hydrogens (tertiary/aromatic N) is 2. The SMILES string of the molecule is Nc1ncc2ncccc2c1I. The Morgan fingerprint density at radius 1 is 1.33 bits per heavy atom. The average Bonchev–Trinajstić information content (AvgIpc) is 2.12. The Balaban J connectivity index is 2.91. The molecule has 0 atom stereocenters. The zero-order chi connectivity index (χ0) is 8.55. The van der Waals surface area contributed by atoms with Crippen LogP contribution in [0.4, 0.5) is 5.82 Å². The number of halogens is 1. The first-order chi connectivity index (χ1) is 5.79. The van der Waals surface area contributed by atoms with E-state index in [1.54, 1.807) is 12.4 Å². The second-order valence-corrected chi connectivity index (χ2v) is 3.47. The second-order valence-electron chi connectivity index (χ2n) is 2.39. The summed E-state index contributed by atoms with van der Waals surface area (Å²) < 4.78 is 0.971. The van der Waals surface area contributed by atoms with Crippen molar-refractivity contribution < 1.29 is 0 Å². The van der Waals surface area contributed by atoms with E-state index in [4.69, 9.17) is 5.73 Å². The van der Waals surface area contributed by atoms with Crippen molar-refractivity contribution in [2.75, 3.05) is 5.73 Å². The van der Waals surface area contributed by atoms with Gasteiger partial charge in [-0.2, -0.15) is 0 Å². The van der Waals surface area contributed by atoms with Crippen LogP contribution in [0.1, 0.15) is 0 Å². The molecule has 2 heterocycles. The van der Waals surface area contributed by atoms with Gasteiger partial charge in [-0.25, -0.2) is 4.98 Å². The van der Waals surface area contributed by atoms with Gasteiger partial charge in [0.25, 0.3) is 0 Å². The summed E-state index contributed by atoms with van der Waals surface area (Å²) in [4.78, 5) is 8.17. The average molecular weight is 271 g/mol. The van der Waals surface area contributed by atoms with Crippen molar-refractivity contribution in [3.8, 4) is 0 Å². The first-order valence-electron chi connectivity index (χ1n) is 3.44. The lowest BCUT2D eigenvalue weighted by Gasteiger charge is -2.00. The molecule has 3 nitrogen and oxygen atoms in total. The molecule has 12 heavy (non-hydrogen) atoms. The van der Waals surface area contributed by atoms with Crippen molar-refractivity contribution in [3.05, 3.63) is 28.1 Å². The van der Waals surface area contributed by atoms with Crippen LogP contribution in [0, 0.1) is 3.57 Å². The maximum Gasteiger partial charge on any atom is 0.137 e. The smallest absolute Gasteiger partial charge is 0.137 e. The molecule has 0 aliphatic heterocycles. The van der Waals surface area contributed by atoms with Gasteiger partial charge >= 0.3 is 0 Å². The number of nitrogens with two attached hydrogens (primary N) is 1. The summed E-state index contributed by atoms with van der Waals surface area (Å²) in [5.41, 5.74) is 6.52. The fraction of sp³-hybridized carbons (Fsp3) is 0. The predicted octanol–water partition coefficient (Wildman–Crippen LogP) is 1.82. The molecule has 4 heteroatoms. The van der Waals surface area contributed by atoms with Crippen LogP contribution in [0.5, 0.6) is 0 Å². The number of pyridine rings is 2. The molecule has 0 bridgehead atoms. The topological polar surface area (TPSA) is 51.8 Å². The van der Waals surface area contributed by atoms with E-state index in [-0.39, 0.29) is 0 Å². The molecule has 0 radical (unpaired) electrons. The lowest BCUT2D eigenvalue weighted by atomic mass is 10.2. The number of anilines is 1. The monoisotopic (exact) mass is 271 g/mol. The van der Waals surface area contributed by atoms with Gasteiger partial charge in [-0.1, -0.05) is 6.07 Å². The van der Waals surface area contributed by atoms with Gasteiger partial charge in [-0.3, -0.25) is 4.98 Å². The first kappa shape index (κ1) is 7.72. The Labute approximate surface area is 83.2 Å². The Morgan fingerprint density at radius 3 is 3.00 bits per heavy atom. The van der Waals surface area contributed by atoms with Crippen LogP contribution in [0.2, 0.25) is 0 Å². The van der Waals surface area contributed by atoms with E-state index in [0.717, 1.165) is 14.5 Å². The molecular weight excluding hydrogens is 265 g/mol. The predicted molar refractivity (Wildman–Crippen MR) is 56.7 cm³/mol. The van der Waals surface area contributed by atoms with Gasteiger partial charge in [0.15, 0.2) is 0 Å². The number of rotatable bonds is 0. The highest BCUT2D eigenvalue weighted by atomic mass is 127. The van der Waals surface area contributed by atoms with Gasteiger partial charge in [0.05, 0.1) is 15.3 Å². The number of aromatic nitrogens is 2. The molecule has 0 aliphatic carbocycles. The molecule has 0 saturated heterocycles. The number of fused-ring (bicyclic) bond motifs is 1. The molecule has 0 aromatic carbocycles. The van der Waals surface area contributed by atoms with Crippen LogP contribution in [0.25, 0.3) is 10.9 Å². The maximum absolute atomic E-state index is 5.64. The van der Waals surface area contributed by atoms with Crippen LogP contribution < -0.4 is 5.73 Å². The summed E-state index contributed by atoms with van der Waals surface area (Å²) in [7, 11) is 0. The minimum Gasteiger partial charge on any atom is -0.383 e. The second kappa shape index (κ2) is 2.85. The highest BCUT2D eigenvalue weighted by molar-refractivity contribution is 14.1. The molecule has 2 aromatic rings. The Bertz CT molecular complexity index is 428. The van der Waals surface area contributed by atoms with Gasteiger partial charge in [0.1, 0.15) is 5.82 Å².